The van der Waals surface area contributed by atoms with Crippen molar-refractivity contribution in [3.05, 3.63) is 69.4 Å². The molecule has 1 amide bonds. The van der Waals surface area contributed by atoms with Crippen molar-refractivity contribution in [2.24, 2.45) is 4.99 Å². The predicted octanol–water partition coefficient (Wildman–Crippen LogP) is 7.06. The minimum Gasteiger partial charge on any atom is -0.345 e. The summed E-state index contributed by atoms with van der Waals surface area (Å²) in [6.45, 7) is 10.6. The van der Waals surface area contributed by atoms with E-state index in [1.807, 2.05) is 52.8 Å². The van der Waals surface area contributed by atoms with Crippen LogP contribution in [0.1, 0.15) is 62.9 Å². The summed E-state index contributed by atoms with van der Waals surface area (Å²) in [5.74, 6) is -3.80. The molecule has 4 nitrogen and oxygen atoms in total. The molecule has 0 N–H and O–H groups in total. The van der Waals surface area contributed by atoms with E-state index in [9.17, 15) is 13.6 Å². The number of rotatable bonds is 7. The quantitative estimate of drug-likeness (QED) is 0.275. The Balaban J connectivity index is 0.00000281. The molecule has 0 aromatic heterocycles. The van der Waals surface area contributed by atoms with Crippen LogP contribution in [0.4, 0.5) is 8.78 Å². The van der Waals surface area contributed by atoms with Crippen LogP contribution in [0.2, 0.25) is 0 Å². The second kappa shape index (κ2) is 14.3. The summed E-state index contributed by atoms with van der Waals surface area (Å²) in [4.78, 5) is 19.6. The topological polar surface area (TPSA) is 35.9 Å². The largest absolute Gasteiger partial charge is 0.345 e. The molecule has 0 spiro atoms. The molecule has 0 radical (unpaired) electrons. The molecular weight excluding hydrogens is 500 g/mol. The number of benzene rings is 1. The molecule has 1 fully saturated rings. The van der Waals surface area contributed by atoms with Crippen LogP contribution in [-0.4, -0.2) is 61.6 Å². The van der Waals surface area contributed by atoms with Gasteiger partial charge in [-0.15, -0.1) is 0 Å². The molecule has 0 unspecified atom stereocenters. The van der Waals surface area contributed by atoms with Crippen molar-refractivity contribution in [2.75, 3.05) is 33.7 Å². The molecule has 34 heavy (non-hydrogen) atoms. The van der Waals surface area contributed by atoms with Crippen LogP contribution >= 0.6 is 15.9 Å². The second-order valence-electron chi connectivity index (χ2n) is 8.49. The van der Waals surface area contributed by atoms with Crippen LogP contribution < -0.4 is 0 Å². The van der Waals surface area contributed by atoms with E-state index >= 15 is 0 Å². The zero-order valence-electron chi connectivity index (χ0n) is 21.4. The van der Waals surface area contributed by atoms with Gasteiger partial charge in [0.05, 0.1) is 12.5 Å². The lowest BCUT2D eigenvalue weighted by molar-refractivity contribution is -0.0805. The van der Waals surface area contributed by atoms with Crippen LogP contribution in [0.15, 0.2) is 63.2 Å². The molecule has 1 heterocycles. The number of carbonyl (C=O) groups excluding carboxylic acids is 1. The van der Waals surface area contributed by atoms with Gasteiger partial charge in [0, 0.05) is 38.1 Å². The summed E-state index contributed by atoms with van der Waals surface area (Å²) in [5, 5.41) is 0. The van der Waals surface area contributed by atoms with Crippen LogP contribution in [0.3, 0.4) is 0 Å². The summed E-state index contributed by atoms with van der Waals surface area (Å²) >= 11 is 3.34. The number of hydrogen-bond acceptors (Lipinski definition) is 3. The van der Waals surface area contributed by atoms with Crippen molar-refractivity contribution < 1.29 is 13.6 Å². The van der Waals surface area contributed by atoms with Crippen LogP contribution in [0.25, 0.3) is 0 Å². The summed E-state index contributed by atoms with van der Waals surface area (Å²) < 4.78 is 31.0. The van der Waals surface area contributed by atoms with E-state index in [1.54, 1.807) is 49.5 Å². The van der Waals surface area contributed by atoms with Crippen LogP contribution in [-0.2, 0) is 0 Å². The summed E-state index contributed by atoms with van der Waals surface area (Å²) in [6, 6.07) is 6.60. The third kappa shape index (κ3) is 9.63. The number of hydrogen-bond donors (Lipinski definition) is 0. The molecule has 2 rings (SSSR count). The third-order valence-corrected chi connectivity index (χ3v) is 5.57. The Hall–Kier alpha value is -2.12. The standard InChI is InChI=1S/C25H32BrF2N3O.C2H6/c1-18(6-7-20(3)29-14-12-19(2)26)16-31-15-13-23(25(27,28)17-31)21-8-10-22(11-9-21)24(32)30(4)5;1-2/h6-12,14,23H,13,15-17H2,1-5H3;1-2H3/b18-6+,19-12+,20-7+,29-14-;/t23-;/m0./s1. The number of amides is 1. The lowest BCUT2D eigenvalue weighted by atomic mass is 9.85. The molecule has 1 aromatic rings. The Labute approximate surface area is 212 Å². The molecule has 1 aromatic carbocycles. The molecule has 7 heteroatoms. The van der Waals surface area contributed by atoms with Crippen LogP contribution in [0, 0.1) is 0 Å². The third-order valence-electron chi connectivity index (χ3n) is 5.31. The summed E-state index contributed by atoms with van der Waals surface area (Å²) in [5.41, 5.74) is 2.94. The Kier molecular flexibility index (Phi) is 12.6. The maximum absolute atomic E-state index is 15.0. The zero-order valence-corrected chi connectivity index (χ0v) is 23.0. The normalized spacial score (nSPS) is 19.6. The first-order valence-electron chi connectivity index (χ1n) is 11.6. The molecule has 1 atom stereocenters. The van der Waals surface area contributed by atoms with E-state index in [1.165, 1.54) is 4.90 Å². The molecule has 0 saturated carbocycles. The fourth-order valence-electron chi connectivity index (χ4n) is 3.64. The Morgan fingerprint density at radius 3 is 2.29 bits per heavy atom. The first-order chi connectivity index (χ1) is 16.0. The summed E-state index contributed by atoms with van der Waals surface area (Å²) in [7, 11) is 3.34. The first-order valence-corrected chi connectivity index (χ1v) is 12.4. The lowest BCUT2D eigenvalue weighted by Crippen LogP contribution is -2.47. The zero-order chi connectivity index (χ0) is 25.9. The highest BCUT2D eigenvalue weighted by Gasteiger charge is 2.45. The van der Waals surface area contributed by atoms with Gasteiger partial charge in [0.15, 0.2) is 0 Å². The monoisotopic (exact) mass is 537 g/mol. The highest BCUT2D eigenvalue weighted by molar-refractivity contribution is 9.11. The highest BCUT2D eigenvalue weighted by atomic mass is 79.9. The van der Waals surface area contributed by atoms with Gasteiger partial charge >= 0.3 is 0 Å². The van der Waals surface area contributed by atoms with Gasteiger partial charge in [0.1, 0.15) is 0 Å². The Bertz CT molecular complexity index is 914. The maximum atomic E-state index is 15.0. The minimum absolute atomic E-state index is 0.134. The fraction of sp³-hybridized carbons (Fsp3) is 0.481. The average Bonchev–Trinajstić information content (AvgIpc) is 2.78. The van der Waals surface area contributed by atoms with Gasteiger partial charge in [-0.1, -0.05) is 53.6 Å². The van der Waals surface area contributed by atoms with Crippen molar-refractivity contribution in [3.8, 4) is 0 Å². The molecule has 188 valence electrons. The maximum Gasteiger partial charge on any atom is 0.267 e. The van der Waals surface area contributed by atoms with Crippen molar-refractivity contribution in [3.63, 3.8) is 0 Å². The number of carbonyl (C=O) groups is 1. The van der Waals surface area contributed by atoms with Gasteiger partial charge in [0.2, 0.25) is 0 Å². The molecule has 1 saturated heterocycles. The smallest absolute Gasteiger partial charge is 0.267 e. The van der Waals surface area contributed by atoms with Gasteiger partial charge in [-0.05, 0) is 68.1 Å². The second-order valence-corrected chi connectivity index (χ2v) is 9.74. The van der Waals surface area contributed by atoms with E-state index in [0.29, 0.717) is 30.6 Å². The number of piperidine rings is 1. The van der Waals surface area contributed by atoms with Crippen molar-refractivity contribution in [1.29, 1.82) is 0 Å². The Morgan fingerprint density at radius 1 is 1.15 bits per heavy atom. The average molecular weight is 539 g/mol. The van der Waals surface area contributed by atoms with Crippen molar-refractivity contribution >= 4 is 28.1 Å². The van der Waals surface area contributed by atoms with Gasteiger partial charge in [-0.25, -0.2) is 8.78 Å². The molecule has 0 bridgehead atoms. The fourth-order valence-corrected chi connectivity index (χ4v) is 3.76. The van der Waals surface area contributed by atoms with Gasteiger partial charge in [0.25, 0.3) is 11.8 Å². The molecular formula is C27H38BrF2N3O. The van der Waals surface area contributed by atoms with E-state index < -0.39 is 11.8 Å². The van der Waals surface area contributed by atoms with Crippen molar-refractivity contribution in [1.82, 2.24) is 9.80 Å². The highest BCUT2D eigenvalue weighted by Crippen LogP contribution is 2.40. The predicted molar refractivity (Wildman–Crippen MR) is 143 cm³/mol. The summed E-state index contributed by atoms with van der Waals surface area (Å²) in [6.07, 6.45) is 7.77. The number of alkyl halides is 2. The van der Waals surface area contributed by atoms with E-state index in [-0.39, 0.29) is 12.5 Å². The lowest BCUT2D eigenvalue weighted by Gasteiger charge is -2.38. The van der Waals surface area contributed by atoms with E-state index in [2.05, 4.69) is 20.9 Å². The van der Waals surface area contributed by atoms with Crippen LogP contribution in [0.5, 0.6) is 0 Å². The van der Waals surface area contributed by atoms with E-state index in [0.717, 1.165) is 15.8 Å². The Morgan fingerprint density at radius 2 is 1.76 bits per heavy atom. The van der Waals surface area contributed by atoms with Crippen molar-refractivity contribution in [2.45, 2.75) is 52.9 Å². The van der Waals surface area contributed by atoms with Gasteiger partial charge in [-0.2, -0.15) is 0 Å². The molecule has 1 aliphatic rings. The SMILES string of the molecule is CC.C\C(Br)=C/C=N\C(C)=C\C=C(/C)CN1CC[C@@H](c2ccc(C(=O)N(C)C)cc2)C(F)(F)C1. The molecule has 1 aliphatic heterocycles. The number of nitrogens with zero attached hydrogens (tertiary/aromatic N) is 3. The van der Waals surface area contributed by atoms with E-state index in [4.69, 9.17) is 0 Å². The van der Waals surface area contributed by atoms with Gasteiger partial charge < -0.3 is 4.90 Å². The number of aliphatic imine (C=N–C) groups is 1. The first kappa shape index (κ1) is 29.9. The number of allylic oxidation sites excluding steroid dienone is 5. The van der Waals surface area contributed by atoms with Gasteiger partial charge in [-0.3, -0.25) is 14.7 Å². The number of halogens is 3. The minimum atomic E-state index is -2.83. The number of likely N-dealkylation sites (tertiary alicyclic amines) is 1. The molecule has 0 aliphatic carbocycles.